The highest BCUT2D eigenvalue weighted by atomic mass is 32.2. The molecule has 0 unspecified atom stereocenters. The molecule has 1 saturated carbocycles. The molecule has 1 aliphatic rings. The Bertz CT molecular complexity index is 565. The number of nitrogens with two attached hydrogens (primary N) is 1. The third kappa shape index (κ3) is 3.01. The SMILES string of the molecule is CCC1(CNS(=O)(=O)c2ccc(OC)c(N)c2)CC1. The molecule has 0 saturated heterocycles. The van der Waals surface area contributed by atoms with Crippen LogP contribution in [0.15, 0.2) is 23.1 Å². The smallest absolute Gasteiger partial charge is 0.240 e. The van der Waals surface area contributed by atoms with Crippen molar-refractivity contribution < 1.29 is 13.2 Å². The van der Waals surface area contributed by atoms with E-state index in [2.05, 4.69) is 11.6 Å². The number of anilines is 1. The molecule has 0 aromatic heterocycles. The Labute approximate surface area is 114 Å². The summed E-state index contributed by atoms with van der Waals surface area (Å²) in [5.41, 5.74) is 6.22. The Kier molecular flexibility index (Phi) is 3.73. The third-order valence-electron chi connectivity index (χ3n) is 3.86. The van der Waals surface area contributed by atoms with Crippen LogP contribution in [0.4, 0.5) is 5.69 Å². The lowest BCUT2D eigenvalue weighted by Crippen LogP contribution is -2.30. The van der Waals surface area contributed by atoms with E-state index >= 15 is 0 Å². The average molecular weight is 284 g/mol. The quantitative estimate of drug-likeness (QED) is 0.780. The van der Waals surface area contributed by atoms with Crippen LogP contribution in [0.5, 0.6) is 5.75 Å². The van der Waals surface area contributed by atoms with Crippen molar-refractivity contribution in [3.63, 3.8) is 0 Å². The molecule has 1 fully saturated rings. The Morgan fingerprint density at radius 3 is 2.58 bits per heavy atom. The molecule has 6 heteroatoms. The summed E-state index contributed by atoms with van der Waals surface area (Å²) in [5.74, 6) is 0.478. The van der Waals surface area contributed by atoms with Crippen molar-refractivity contribution in [2.24, 2.45) is 5.41 Å². The van der Waals surface area contributed by atoms with Gasteiger partial charge in [0.25, 0.3) is 0 Å². The van der Waals surface area contributed by atoms with Crippen molar-refractivity contribution in [3.05, 3.63) is 18.2 Å². The van der Waals surface area contributed by atoms with E-state index in [1.807, 2.05) is 0 Å². The molecule has 0 bridgehead atoms. The van der Waals surface area contributed by atoms with Gasteiger partial charge in [-0.1, -0.05) is 6.92 Å². The number of methoxy groups -OCH3 is 1. The molecule has 19 heavy (non-hydrogen) atoms. The van der Waals surface area contributed by atoms with E-state index in [-0.39, 0.29) is 10.3 Å². The van der Waals surface area contributed by atoms with Crippen molar-refractivity contribution in [3.8, 4) is 5.75 Å². The van der Waals surface area contributed by atoms with Crippen LogP contribution in [0, 0.1) is 5.41 Å². The maximum absolute atomic E-state index is 12.2. The van der Waals surface area contributed by atoms with Gasteiger partial charge in [0.2, 0.25) is 10.0 Å². The molecule has 0 heterocycles. The van der Waals surface area contributed by atoms with Gasteiger partial charge < -0.3 is 10.5 Å². The monoisotopic (exact) mass is 284 g/mol. The van der Waals surface area contributed by atoms with Gasteiger partial charge in [-0.25, -0.2) is 13.1 Å². The minimum absolute atomic E-state index is 0.172. The fourth-order valence-electron chi connectivity index (χ4n) is 2.04. The average Bonchev–Trinajstić information content (AvgIpc) is 3.17. The van der Waals surface area contributed by atoms with Crippen molar-refractivity contribution in [2.75, 3.05) is 19.4 Å². The molecule has 0 aliphatic heterocycles. The lowest BCUT2D eigenvalue weighted by molar-refractivity contribution is 0.416. The van der Waals surface area contributed by atoms with Gasteiger partial charge in [0, 0.05) is 6.54 Å². The summed E-state index contributed by atoms with van der Waals surface area (Å²) < 4.78 is 32.0. The minimum Gasteiger partial charge on any atom is -0.495 e. The first-order valence-electron chi connectivity index (χ1n) is 6.36. The molecule has 1 aromatic rings. The van der Waals surface area contributed by atoms with Gasteiger partial charge in [-0.15, -0.1) is 0 Å². The molecule has 106 valence electrons. The topological polar surface area (TPSA) is 81.4 Å². The van der Waals surface area contributed by atoms with E-state index in [1.54, 1.807) is 6.07 Å². The Balaban J connectivity index is 2.13. The molecule has 0 radical (unpaired) electrons. The van der Waals surface area contributed by atoms with E-state index in [9.17, 15) is 8.42 Å². The van der Waals surface area contributed by atoms with Gasteiger partial charge in [-0.05, 0) is 42.9 Å². The van der Waals surface area contributed by atoms with Gasteiger partial charge >= 0.3 is 0 Å². The second-order valence-electron chi connectivity index (χ2n) is 5.08. The number of sulfonamides is 1. The zero-order chi connectivity index (χ0) is 14.1. The van der Waals surface area contributed by atoms with Gasteiger partial charge in [-0.2, -0.15) is 0 Å². The number of ether oxygens (including phenoxy) is 1. The van der Waals surface area contributed by atoms with Crippen LogP contribution in [-0.4, -0.2) is 22.1 Å². The molecule has 0 atom stereocenters. The molecular weight excluding hydrogens is 264 g/mol. The first-order valence-corrected chi connectivity index (χ1v) is 7.84. The summed E-state index contributed by atoms with van der Waals surface area (Å²) in [7, 11) is -2.00. The van der Waals surface area contributed by atoms with E-state index in [4.69, 9.17) is 10.5 Å². The summed E-state index contributed by atoms with van der Waals surface area (Å²) in [4.78, 5) is 0.178. The molecule has 1 aromatic carbocycles. The second kappa shape index (κ2) is 5.02. The van der Waals surface area contributed by atoms with Gasteiger partial charge in [0.05, 0.1) is 17.7 Å². The molecule has 5 nitrogen and oxygen atoms in total. The normalized spacial score (nSPS) is 17.2. The Morgan fingerprint density at radius 2 is 2.11 bits per heavy atom. The number of hydrogen-bond acceptors (Lipinski definition) is 4. The molecule has 2 rings (SSSR count). The van der Waals surface area contributed by atoms with E-state index in [1.165, 1.54) is 19.2 Å². The zero-order valence-electron chi connectivity index (χ0n) is 11.3. The van der Waals surface area contributed by atoms with E-state index in [0.29, 0.717) is 18.0 Å². The van der Waals surface area contributed by atoms with Crippen molar-refractivity contribution in [1.82, 2.24) is 4.72 Å². The summed E-state index contributed by atoms with van der Waals surface area (Å²) >= 11 is 0. The zero-order valence-corrected chi connectivity index (χ0v) is 12.1. The maximum atomic E-state index is 12.2. The first-order chi connectivity index (χ1) is 8.92. The molecule has 1 aliphatic carbocycles. The largest absolute Gasteiger partial charge is 0.495 e. The predicted octanol–water partition coefficient (Wildman–Crippen LogP) is 1.75. The van der Waals surface area contributed by atoms with Crippen LogP contribution >= 0.6 is 0 Å². The highest BCUT2D eigenvalue weighted by Crippen LogP contribution is 2.48. The summed E-state index contributed by atoms with van der Waals surface area (Å²) in [6.07, 6.45) is 3.19. The molecule has 3 N–H and O–H groups in total. The number of nitrogen functional groups attached to an aromatic ring is 1. The molecule has 0 spiro atoms. The summed E-state index contributed by atoms with van der Waals surface area (Å²) in [5, 5.41) is 0. The maximum Gasteiger partial charge on any atom is 0.240 e. The number of benzene rings is 1. The predicted molar refractivity (Wildman–Crippen MR) is 74.6 cm³/mol. The van der Waals surface area contributed by atoms with E-state index < -0.39 is 10.0 Å². The third-order valence-corrected chi connectivity index (χ3v) is 5.25. The first kappa shape index (κ1) is 14.1. The Morgan fingerprint density at radius 1 is 1.42 bits per heavy atom. The summed E-state index contributed by atoms with van der Waals surface area (Å²) in [6, 6.07) is 4.49. The van der Waals surface area contributed by atoms with Gasteiger partial charge in [0.1, 0.15) is 5.75 Å². The van der Waals surface area contributed by atoms with E-state index in [0.717, 1.165) is 19.3 Å². The summed E-state index contributed by atoms with van der Waals surface area (Å²) in [6.45, 7) is 2.59. The van der Waals surface area contributed by atoms with Gasteiger partial charge in [0.15, 0.2) is 0 Å². The number of hydrogen-bond donors (Lipinski definition) is 2. The van der Waals surface area contributed by atoms with Crippen molar-refractivity contribution in [2.45, 2.75) is 31.1 Å². The van der Waals surface area contributed by atoms with Crippen LogP contribution in [-0.2, 0) is 10.0 Å². The van der Waals surface area contributed by atoms with Crippen molar-refractivity contribution in [1.29, 1.82) is 0 Å². The number of rotatable bonds is 6. The Hall–Kier alpha value is -1.27. The lowest BCUT2D eigenvalue weighted by atomic mass is 10.1. The number of nitrogens with one attached hydrogen (secondary N) is 1. The second-order valence-corrected chi connectivity index (χ2v) is 6.85. The highest BCUT2D eigenvalue weighted by molar-refractivity contribution is 7.89. The van der Waals surface area contributed by atoms with Crippen LogP contribution in [0.2, 0.25) is 0 Å². The van der Waals surface area contributed by atoms with Crippen LogP contribution in [0.25, 0.3) is 0 Å². The fourth-order valence-corrected chi connectivity index (χ4v) is 3.24. The van der Waals surface area contributed by atoms with Gasteiger partial charge in [-0.3, -0.25) is 0 Å². The van der Waals surface area contributed by atoms with Crippen LogP contribution < -0.4 is 15.2 Å². The fraction of sp³-hybridized carbons (Fsp3) is 0.538. The lowest BCUT2D eigenvalue weighted by Gasteiger charge is -2.14. The van der Waals surface area contributed by atoms with Crippen LogP contribution in [0.1, 0.15) is 26.2 Å². The van der Waals surface area contributed by atoms with Crippen molar-refractivity contribution >= 4 is 15.7 Å². The standard InChI is InChI=1S/C13H20N2O3S/c1-3-13(6-7-13)9-15-19(16,17)10-4-5-12(18-2)11(14)8-10/h4-5,8,15H,3,6-7,9,14H2,1-2H3. The highest BCUT2D eigenvalue weighted by Gasteiger charge is 2.41. The minimum atomic E-state index is -3.50. The van der Waals surface area contributed by atoms with Crippen LogP contribution in [0.3, 0.4) is 0 Å². The molecule has 0 amide bonds. The molecular formula is C13H20N2O3S.